The Kier molecular flexibility index (Phi) is 4.91. The van der Waals surface area contributed by atoms with Crippen LogP contribution in [-0.2, 0) is 20.7 Å². The second-order valence-electron chi connectivity index (χ2n) is 4.33. The number of esters is 1. The van der Waals surface area contributed by atoms with Crippen molar-refractivity contribution in [2.24, 2.45) is 0 Å². The number of epoxide rings is 1. The van der Waals surface area contributed by atoms with Crippen molar-refractivity contribution >= 4 is 5.97 Å². The Balaban J connectivity index is 1.93. The summed E-state index contributed by atoms with van der Waals surface area (Å²) < 4.78 is 15.4. The molecule has 0 spiro atoms. The van der Waals surface area contributed by atoms with E-state index in [2.05, 4.69) is 4.98 Å². The highest BCUT2D eigenvalue weighted by molar-refractivity contribution is 5.69. The lowest BCUT2D eigenvalue weighted by Gasteiger charge is -2.07. The van der Waals surface area contributed by atoms with Gasteiger partial charge in [0.15, 0.2) is 11.4 Å². The maximum absolute atomic E-state index is 11.3. The molecule has 0 radical (unpaired) electrons. The molecule has 1 aliphatic heterocycles. The van der Waals surface area contributed by atoms with Crippen LogP contribution < -0.4 is 4.74 Å². The average molecular weight is 276 g/mol. The Labute approximate surface area is 117 Å². The summed E-state index contributed by atoms with van der Waals surface area (Å²) in [6, 6.07) is 5.46. The van der Waals surface area contributed by atoms with Crippen LogP contribution in [0.25, 0.3) is 0 Å². The van der Waals surface area contributed by atoms with Crippen LogP contribution in [0.3, 0.4) is 0 Å². The summed E-state index contributed by atoms with van der Waals surface area (Å²) in [7, 11) is 0. The predicted octanol–water partition coefficient (Wildman–Crippen LogP) is 1.23. The quantitative estimate of drug-likeness (QED) is 0.550. The number of rotatable bonds is 7. The fourth-order valence-electron chi connectivity index (χ4n) is 1.63. The van der Waals surface area contributed by atoms with Gasteiger partial charge >= 0.3 is 5.97 Å². The molecular weight excluding hydrogens is 260 g/mol. The molecule has 1 aliphatic rings. The lowest BCUT2D eigenvalue weighted by atomic mass is 10.2. The largest absolute Gasteiger partial charge is 0.488 e. The summed E-state index contributed by atoms with van der Waals surface area (Å²) in [6.45, 7) is 3.26. The fourth-order valence-corrected chi connectivity index (χ4v) is 1.63. The number of carbonyl (C=O) groups excluding carboxylic acids is 1. The maximum Gasteiger partial charge on any atom is 0.306 e. The van der Waals surface area contributed by atoms with E-state index in [1.54, 1.807) is 19.1 Å². The van der Waals surface area contributed by atoms with Crippen LogP contribution >= 0.6 is 0 Å². The van der Waals surface area contributed by atoms with Gasteiger partial charge in [-0.15, -0.1) is 0 Å². The first-order valence-corrected chi connectivity index (χ1v) is 6.53. The van der Waals surface area contributed by atoms with Crippen molar-refractivity contribution in [2.75, 3.05) is 19.8 Å². The van der Waals surface area contributed by atoms with Gasteiger partial charge in [-0.25, -0.2) is 4.98 Å². The van der Waals surface area contributed by atoms with E-state index in [0.29, 0.717) is 37.7 Å². The summed E-state index contributed by atoms with van der Waals surface area (Å²) in [5.74, 6) is 0.182. The van der Waals surface area contributed by atoms with Gasteiger partial charge in [0, 0.05) is 12.1 Å². The first-order valence-electron chi connectivity index (χ1n) is 6.53. The highest BCUT2D eigenvalue weighted by atomic mass is 16.6. The van der Waals surface area contributed by atoms with Crippen molar-refractivity contribution in [3.05, 3.63) is 23.5 Å². The molecule has 106 valence electrons. The number of nitrogens with zero attached hydrogens (tertiary/aromatic N) is 2. The Morgan fingerprint density at radius 2 is 2.40 bits per heavy atom. The Morgan fingerprint density at radius 3 is 3.05 bits per heavy atom. The van der Waals surface area contributed by atoms with Crippen molar-refractivity contribution in [2.45, 2.75) is 25.9 Å². The second-order valence-corrected chi connectivity index (χ2v) is 4.33. The number of aromatic nitrogens is 1. The number of pyridine rings is 1. The van der Waals surface area contributed by atoms with Crippen molar-refractivity contribution in [1.29, 1.82) is 5.26 Å². The zero-order chi connectivity index (χ0) is 14.4. The molecule has 0 amide bonds. The van der Waals surface area contributed by atoms with Crippen molar-refractivity contribution in [3.63, 3.8) is 0 Å². The van der Waals surface area contributed by atoms with E-state index in [4.69, 9.17) is 19.5 Å². The van der Waals surface area contributed by atoms with Gasteiger partial charge in [-0.3, -0.25) is 4.79 Å². The van der Waals surface area contributed by atoms with Crippen molar-refractivity contribution < 1.29 is 19.0 Å². The lowest BCUT2D eigenvalue weighted by Crippen LogP contribution is -2.08. The maximum atomic E-state index is 11.3. The van der Waals surface area contributed by atoms with E-state index < -0.39 is 0 Å². The van der Waals surface area contributed by atoms with Gasteiger partial charge in [-0.1, -0.05) is 0 Å². The molecule has 1 saturated heterocycles. The number of hydrogen-bond donors (Lipinski definition) is 0. The third-order valence-electron chi connectivity index (χ3n) is 2.74. The van der Waals surface area contributed by atoms with Gasteiger partial charge in [0.25, 0.3) is 0 Å². The molecule has 1 atom stereocenters. The first-order chi connectivity index (χ1) is 9.72. The molecule has 0 aliphatic carbocycles. The summed E-state index contributed by atoms with van der Waals surface area (Å²) in [5.41, 5.74) is 0.900. The number of hydrogen-bond acceptors (Lipinski definition) is 6. The molecule has 0 bridgehead atoms. The van der Waals surface area contributed by atoms with Crippen LogP contribution in [-0.4, -0.2) is 36.9 Å². The Bertz CT molecular complexity index is 520. The molecular formula is C14H16N2O4. The third-order valence-corrected chi connectivity index (χ3v) is 2.74. The molecule has 1 unspecified atom stereocenters. The molecule has 6 nitrogen and oxygen atoms in total. The van der Waals surface area contributed by atoms with E-state index in [-0.39, 0.29) is 24.2 Å². The molecule has 2 heterocycles. The number of nitriles is 1. The summed E-state index contributed by atoms with van der Waals surface area (Å²) >= 11 is 0. The number of ether oxygens (including phenoxy) is 3. The Morgan fingerprint density at radius 1 is 1.60 bits per heavy atom. The van der Waals surface area contributed by atoms with Crippen LogP contribution in [0, 0.1) is 11.3 Å². The van der Waals surface area contributed by atoms with Crippen molar-refractivity contribution in [3.8, 4) is 11.8 Å². The minimum Gasteiger partial charge on any atom is -0.488 e. The zero-order valence-electron chi connectivity index (χ0n) is 11.3. The zero-order valence-corrected chi connectivity index (χ0v) is 11.3. The minimum absolute atomic E-state index is 0.130. The molecule has 20 heavy (non-hydrogen) atoms. The van der Waals surface area contributed by atoms with Gasteiger partial charge in [0.1, 0.15) is 18.8 Å². The molecule has 2 rings (SSSR count). The number of carbonyl (C=O) groups is 1. The molecule has 0 N–H and O–H groups in total. The highest BCUT2D eigenvalue weighted by Gasteiger charge is 2.23. The molecule has 1 aromatic heterocycles. The van der Waals surface area contributed by atoms with Crippen LogP contribution in [0.4, 0.5) is 0 Å². The summed E-state index contributed by atoms with van der Waals surface area (Å²) in [6.07, 6.45) is 0.825. The van der Waals surface area contributed by atoms with E-state index >= 15 is 0 Å². The first kappa shape index (κ1) is 14.3. The van der Waals surface area contributed by atoms with Crippen LogP contribution in [0.5, 0.6) is 5.75 Å². The van der Waals surface area contributed by atoms with Crippen molar-refractivity contribution in [1.82, 2.24) is 4.98 Å². The molecule has 0 saturated carbocycles. The van der Waals surface area contributed by atoms with Gasteiger partial charge in [0.2, 0.25) is 0 Å². The SMILES string of the molecule is CCOC(=O)CCc1ccc(OCC2CO2)c(C#N)n1. The molecule has 1 fully saturated rings. The summed E-state index contributed by atoms with van der Waals surface area (Å²) in [5, 5.41) is 9.07. The predicted molar refractivity (Wildman–Crippen MR) is 69.1 cm³/mol. The lowest BCUT2D eigenvalue weighted by molar-refractivity contribution is -0.143. The third kappa shape index (κ3) is 4.21. The Hall–Kier alpha value is -2.13. The van der Waals surface area contributed by atoms with Gasteiger partial charge in [-0.2, -0.15) is 5.26 Å². The second kappa shape index (κ2) is 6.87. The monoisotopic (exact) mass is 276 g/mol. The number of aryl methyl sites for hydroxylation is 1. The minimum atomic E-state index is -0.265. The average Bonchev–Trinajstić information content (AvgIpc) is 3.27. The summed E-state index contributed by atoms with van der Waals surface area (Å²) in [4.78, 5) is 15.5. The molecule has 6 heteroatoms. The van der Waals surface area contributed by atoms with E-state index in [1.165, 1.54) is 0 Å². The van der Waals surface area contributed by atoms with Gasteiger partial charge in [-0.05, 0) is 19.1 Å². The smallest absolute Gasteiger partial charge is 0.306 e. The van der Waals surface area contributed by atoms with Crippen LogP contribution in [0.1, 0.15) is 24.7 Å². The fraction of sp³-hybridized carbons (Fsp3) is 0.500. The standard InChI is InChI=1S/C14H16N2O4/c1-2-18-14(17)6-4-10-3-5-13(12(7-15)16-10)20-9-11-8-19-11/h3,5,11H,2,4,6,8-9H2,1H3. The normalized spacial score (nSPS) is 16.3. The molecule has 1 aromatic rings. The van der Waals surface area contributed by atoms with Gasteiger partial charge < -0.3 is 14.2 Å². The highest BCUT2D eigenvalue weighted by Crippen LogP contribution is 2.19. The molecule has 0 aromatic carbocycles. The van der Waals surface area contributed by atoms with Gasteiger partial charge in [0.05, 0.1) is 19.6 Å². The van der Waals surface area contributed by atoms with E-state index in [0.717, 1.165) is 0 Å². The topological polar surface area (TPSA) is 84.7 Å². The van der Waals surface area contributed by atoms with E-state index in [9.17, 15) is 4.79 Å². The van der Waals surface area contributed by atoms with E-state index in [1.807, 2.05) is 6.07 Å². The van der Waals surface area contributed by atoms with Crippen LogP contribution in [0.2, 0.25) is 0 Å². The van der Waals surface area contributed by atoms with Crippen LogP contribution in [0.15, 0.2) is 12.1 Å².